The fourth-order valence-corrected chi connectivity index (χ4v) is 2.88. The lowest BCUT2D eigenvalue weighted by molar-refractivity contribution is 0.0960. The lowest BCUT2D eigenvalue weighted by atomic mass is 9.88. The maximum Gasteiger partial charge on any atom is 0.170 e. The molecule has 0 N–H and O–H groups in total. The van der Waals surface area contributed by atoms with Crippen LogP contribution in [-0.2, 0) is 6.42 Å². The maximum atomic E-state index is 12.7. The van der Waals surface area contributed by atoms with E-state index in [-0.39, 0.29) is 11.7 Å². The average Bonchev–Trinajstić information content (AvgIpc) is 2.56. The minimum atomic E-state index is -0.0858. The Morgan fingerprint density at radius 3 is 2.53 bits per heavy atom. The largest absolute Gasteiger partial charge is 0.293 e. The number of hydrogen-bond donors (Lipinski definition) is 0. The first-order chi connectivity index (χ1) is 9.31. The van der Waals surface area contributed by atoms with E-state index in [4.69, 9.17) is 0 Å². The van der Waals surface area contributed by atoms with Crippen molar-refractivity contribution < 1.29 is 4.79 Å². The number of benzene rings is 2. The average molecular weight is 248 g/mol. The van der Waals surface area contributed by atoms with Crippen LogP contribution >= 0.6 is 0 Å². The minimum Gasteiger partial charge on any atom is -0.293 e. The molecule has 0 aromatic heterocycles. The van der Waals surface area contributed by atoms with E-state index in [1.165, 1.54) is 5.56 Å². The van der Waals surface area contributed by atoms with Gasteiger partial charge in [0.05, 0.1) is 5.92 Å². The van der Waals surface area contributed by atoms with E-state index >= 15 is 0 Å². The van der Waals surface area contributed by atoms with Gasteiger partial charge in [-0.25, -0.2) is 0 Å². The number of fused-ring (bicyclic) bond motifs is 2. The SMILES string of the molecule is C=CC[C@H]1C(=O)c2ccccc2Cc2ccccc21. The highest BCUT2D eigenvalue weighted by atomic mass is 16.1. The molecule has 0 fully saturated rings. The molecule has 0 amide bonds. The molecule has 1 aliphatic carbocycles. The Labute approximate surface area is 113 Å². The van der Waals surface area contributed by atoms with Crippen molar-refractivity contribution in [2.45, 2.75) is 18.8 Å². The van der Waals surface area contributed by atoms with Crippen LogP contribution in [0.2, 0.25) is 0 Å². The standard InChI is InChI=1S/C18H16O/c1-2-7-17-15-10-5-3-8-13(15)12-14-9-4-6-11-16(14)18(17)19/h2-6,8-11,17H,1,7,12H2/t17-/m1/s1. The third kappa shape index (κ3) is 2.01. The third-order valence-corrected chi connectivity index (χ3v) is 3.81. The highest BCUT2D eigenvalue weighted by molar-refractivity contribution is 6.03. The molecule has 2 aromatic carbocycles. The zero-order valence-corrected chi connectivity index (χ0v) is 10.8. The van der Waals surface area contributed by atoms with Gasteiger partial charge in [-0.05, 0) is 29.5 Å². The Kier molecular flexibility index (Phi) is 3.04. The molecule has 0 unspecified atom stereocenters. The fraction of sp³-hybridized carbons (Fsp3) is 0.167. The van der Waals surface area contributed by atoms with Crippen LogP contribution in [0.5, 0.6) is 0 Å². The summed E-state index contributed by atoms with van der Waals surface area (Å²) in [5.74, 6) is 0.137. The molecule has 0 heterocycles. The minimum absolute atomic E-state index is 0.0858. The van der Waals surface area contributed by atoms with Crippen LogP contribution in [0.3, 0.4) is 0 Å². The number of ketones is 1. The molecule has 2 aromatic rings. The summed E-state index contributed by atoms with van der Waals surface area (Å²) in [4.78, 5) is 12.7. The van der Waals surface area contributed by atoms with Gasteiger partial charge < -0.3 is 0 Å². The quantitative estimate of drug-likeness (QED) is 0.730. The zero-order valence-electron chi connectivity index (χ0n) is 10.8. The van der Waals surface area contributed by atoms with Crippen LogP contribution < -0.4 is 0 Å². The molecular formula is C18H16O. The summed E-state index contributed by atoms with van der Waals surface area (Å²) in [6, 6.07) is 16.2. The smallest absolute Gasteiger partial charge is 0.170 e. The molecule has 0 saturated carbocycles. The van der Waals surface area contributed by atoms with Crippen LogP contribution in [0.15, 0.2) is 61.2 Å². The Morgan fingerprint density at radius 2 is 1.74 bits per heavy atom. The van der Waals surface area contributed by atoms with Crippen LogP contribution in [0.1, 0.15) is 39.4 Å². The van der Waals surface area contributed by atoms with Crippen molar-refractivity contribution in [3.63, 3.8) is 0 Å². The molecular weight excluding hydrogens is 232 g/mol. The summed E-state index contributed by atoms with van der Waals surface area (Å²) < 4.78 is 0. The van der Waals surface area contributed by atoms with E-state index in [9.17, 15) is 4.79 Å². The van der Waals surface area contributed by atoms with Gasteiger partial charge in [0.1, 0.15) is 0 Å². The highest BCUT2D eigenvalue weighted by Gasteiger charge is 2.27. The number of allylic oxidation sites excluding steroid dienone is 1. The number of carbonyl (C=O) groups excluding carboxylic acids is 1. The summed E-state index contributed by atoms with van der Waals surface area (Å²) in [7, 11) is 0. The second-order valence-corrected chi connectivity index (χ2v) is 4.97. The second kappa shape index (κ2) is 4.85. The van der Waals surface area contributed by atoms with Crippen molar-refractivity contribution in [2.24, 2.45) is 0 Å². The summed E-state index contributed by atoms with van der Waals surface area (Å²) in [6.45, 7) is 3.80. The predicted molar refractivity (Wildman–Crippen MR) is 77.6 cm³/mol. The summed E-state index contributed by atoms with van der Waals surface area (Å²) in [6.07, 6.45) is 3.38. The van der Waals surface area contributed by atoms with E-state index < -0.39 is 0 Å². The van der Waals surface area contributed by atoms with Gasteiger partial charge in [0.15, 0.2) is 5.78 Å². The van der Waals surface area contributed by atoms with E-state index in [0.29, 0.717) is 6.42 Å². The topological polar surface area (TPSA) is 17.1 Å². The molecule has 94 valence electrons. The number of hydrogen-bond acceptors (Lipinski definition) is 1. The van der Waals surface area contributed by atoms with Gasteiger partial charge in [-0.2, -0.15) is 0 Å². The first-order valence-corrected chi connectivity index (χ1v) is 6.62. The van der Waals surface area contributed by atoms with E-state index in [0.717, 1.165) is 23.1 Å². The number of rotatable bonds is 2. The zero-order chi connectivity index (χ0) is 13.2. The fourth-order valence-electron chi connectivity index (χ4n) is 2.88. The molecule has 19 heavy (non-hydrogen) atoms. The summed E-state index contributed by atoms with van der Waals surface area (Å²) >= 11 is 0. The molecule has 1 aliphatic rings. The van der Waals surface area contributed by atoms with Crippen LogP contribution in [0.25, 0.3) is 0 Å². The van der Waals surface area contributed by atoms with Gasteiger partial charge in [0, 0.05) is 5.56 Å². The van der Waals surface area contributed by atoms with Crippen molar-refractivity contribution in [1.29, 1.82) is 0 Å². The predicted octanol–water partition coefficient (Wildman–Crippen LogP) is 4.13. The monoisotopic (exact) mass is 248 g/mol. The highest BCUT2D eigenvalue weighted by Crippen LogP contribution is 2.33. The Balaban J connectivity index is 2.21. The summed E-state index contributed by atoms with van der Waals surface area (Å²) in [5, 5.41) is 0. The van der Waals surface area contributed by atoms with E-state index in [2.05, 4.69) is 24.8 Å². The van der Waals surface area contributed by atoms with Crippen molar-refractivity contribution in [2.75, 3.05) is 0 Å². The number of Topliss-reactive ketones (excluding diaryl/α,β-unsaturated/α-hetero) is 1. The molecule has 1 nitrogen and oxygen atoms in total. The Hall–Kier alpha value is -2.15. The van der Waals surface area contributed by atoms with Gasteiger partial charge in [0.2, 0.25) is 0 Å². The molecule has 0 bridgehead atoms. The molecule has 0 radical (unpaired) electrons. The van der Waals surface area contributed by atoms with E-state index in [1.807, 2.05) is 36.4 Å². The Morgan fingerprint density at radius 1 is 1.05 bits per heavy atom. The van der Waals surface area contributed by atoms with Gasteiger partial charge in [-0.15, -0.1) is 6.58 Å². The van der Waals surface area contributed by atoms with Crippen molar-refractivity contribution in [3.05, 3.63) is 83.4 Å². The Bertz CT molecular complexity index is 640. The molecule has 3 rings (SSSR count). The molecule has 1 atom stereocenters. The van der Waals surface area contributed by atoms with Crippen LogP contribution in [0, 0.1) is 0 Å². The molecule has 0 aliphatic heterocycles. The van der Waals surface area contributed by atoms with Crippen molar-refractivity contribution >= 4 is 5.78 Å². The lowest BCUT2D eigenvalue weighted by Crippen LogP contribution is -2.12. The molecule has 0 spiro atoms. The normalized spacial score (nSPS) is 17.3. The van der Waals surface area contributed by atoms with Gasteiger partial charge >= 0.3 is 0 Å². The van der Waals surface area contributed by atoms with Gasteiger partial charge in [-0.3, -0.25) is 4.79 Å². The molecule has 0 saturated heterocycles. The first-order valence-electron chi connectivity index (χ1n) is 6.62. The second-order valence-electron chi connectivity index (χ2n) is 4.97. The van der Waals surface area contributed by atoms with Crippen LogP contribution in [-0.4, -0.2) is 5.78 Å². The first kappa shape index (κ1) is 11.9. The maximum absolute atomic E-state index is 12.7. The van der Waals surface area contributed by atoms with Gasteiger partial charge in [-0.1, -0.05) is 54.6 Å². The van der Waals surface area contributed by atoms with Crippen molar-refractivity contribution in [3.8, 4) is 0 Å². The third-order valence-electron chi connectivity index (χ3n) is 3.81. The lowest BCUT2D eigenvalue weighted by Gasteiger charge is -2.14. The van der Waals surface area contributed by atoms with Gasteiger partial charge in [0.25, 0.3) is 0 Å². The van der Waals surface area contributed by atoms with E-state index in [1.54, 1.807) is 0 Å². The van der Waals surface area contributed by atoms with Crippen molar-refractivity contribution in [1.82, 2.24) is 0 Å². The number of carbonyl (C=O) groups is 1. The summed E-state index contributed by atoms with van der Waals surface area (Å²) in [5.41, 5.74) is 4.41. The van der Waals surface area contributed by atoms with Crippen LogP contribution in [0.4, 0.5) is 0 Å². The molecule has 1 heteroatoms.